The van der Waals surface area contributed by atoms with Gasteiger partial charge in [-0.1, -0.05) is 62.4 Å². The molecule has 0 aliphatic carbocycles. The van der Waals surface area contributed by atoms with E-state index in [0.29, 0.717) is 26.2 Å². The third kappa shape index (κ3) is 23.0. The molecule has 656 valence electrons. The number of nitrogens with zero attached hydrogens (tertiary/aromatic N) is 16. The standard InChI is InChI=1S/2C27H31N5O2.2C23H24N6O/c1-17(12-26(33)34-27(3,4)5)22-9-7-10-23(30-22)19-13-20(15-28)21-16-32(31-24(21)14-19)25-11-6-8-18(2)29-25;1-17(12-26(33)34-27(3,4)5)22-9-7-10-23(31-22)19-13-20(15-28)21-16-29-32(24(21)14-19)25-11-6-8-18(2)30-25;1-14-6-4-9-23(26-14)29-13-19-18(12-25-16(3)30)10-17(11-22(19)28-29)21-8-5-7-20(27-21)15(2)24;1-14-6-4-9-23(27-14)29-22-11-17(21-8-5-7-20(28-21)15(2)24)10-18(12-25-16(3)30)19(22)13-26-29/h2*6-11,13-14,16-17H,12,15,28H2,1-5H3;2*4-11,13,15H,12,24H2,1-3H3,(H,25,30). The molecule has 0 saturated carbocycles. The van der Waals surface area contributed by atoms with Crippen LogP contribution in [0.2, 0.25) is 0 Å². The van der Waals surface area contributed by atoms with Crippen molar-refractivity contribution in [2.24, 2.45) is 22.9 Å². The Kier molecular flexibility index (Phi) is 28.5. The summed E-state index contributed by atoms with van der Waals surface area (Å²) in [6.45, 7) is 31.4. The van der Waals surface area contributed by atoms with E-state index < -0.39 is 11.2 Å². The van der Waals surface area contributed by atoms with Gasteiger partial charge in [-0.25, -0.2) is 38.7 Å². The van der Waals surface area contributed by atoms with Gasteiger partial charge in [0.15, 0.2) is 23.3 Å². The number of ether oxygens (including phenoxy) is 2. The minimum Gasteiger partial charge on any atom is -0.460 e. The number of carbonyl (C=O) groups is 4. The summed E-state index contributed by atoms with van der Waals surface area (Å²) >= 11 is 0. The molecular formula is C100H110N22O6. The van der Waals surface area contributed by atoms with Crippen molar-refractivity contribution in [2.45, 2.75) is 185 Å². The van der Waals surface area contributed by atoms with Crippen molar-refractivity contribution in [2.75, 3.05) is 0 Å². The van der Waals surface area contributed by atoms with Crippen molar-refractivity contribution in [3.8, 4) is 68.3 Å². The Labute approximate surface area is 744 Å². The van der Waals surface area contributed by atoms with Gasteiger partial charge in [-0.15, -0.1) is 0 Å². The van der Waals surface area contributed by atoms with E-state index in [0.717, 1.165) is 180 Å². The van der Waals surface area contributed by atoms with Gasteiger partial charge in [-0.05, 0) is 251 Å². The number of fused-ring (bicyclic) bond motifs is 4. The van der Waals surface area contributed by atoms with Crippen LogP contribution in [-0.4, -0.2) is 114 Å². The maximum absolute atomic E-state index is 12.3. The van der Waals surface area contributed by atoms with Crippen LogP contribution in [0.3, 0.4) is 0 Å². The maximum Gasteiger partial charge on any atom is 0.306 e. The SMILES string of the molecule is CC(=O)NCc1cc(-c2cccc(C(C)N)n2)cc2c1cnn2-c1cccc(C)n1.CC(=O)NCc1cc(-c2cccc(C(C)N)n2)cc2nn(-c3cccc(C)n3)cc12.Cc1cccc(-n2cc3c(CN)cc(-c4cccc(C(C)CC(=O)OC(C)(C)C)n4)cc3n2)n1.Cc1cccc(-n2ncc3c(CN)cc(-c4cccc(C(C)CC(=O)OC(C)(C)C)n4)cc32)n1. The molecule has 4 atom stereocenters. The Bertz CT molecular complexity index is 6690. The van der Waals surface area contributed by atoms with E-state index in [1.165, 1.54) is 13.8 Å². The normalized spacial score (nSPS) is 12.4. The summed E-state index contributed by atoms with van der Waals surface area (Å²) in [5, 5.41) is 28.3. The number of aromatic nitrogens is 16. The van der Waals surface area contributed by atoms with E-state index in [9.17, 15) is 19.2 Å². The highest BCUT2D eigenvalue weighted by molar-refractivity contribution is 5.92. The van der Waals surface area contributed by atoms with Crippen LogP contribution >= 0.6 is 0 Å². The smallest absolute Gasteiger partial charge is 0.306 e. The fourth-order valence-corrected chi connectivity index (χ4v) is 14.6. The molecule has 16 rings (SSSR count). The molecule has 4 aromatic carbocycles. The summed E-state index contributed by atoms with van der Waals surface area (Å²) in [6, 6.07) is 62.8. The fraction of sp³-hybridized carbons (Fsp3) is 0.280. The summed E-state index contributed by atoms with van der Waals surface area (Å²) in [4.78, 5) is 85.2. The Morgan fingerprint density at radius 1 is 0.383 bits per heavy atom. The summed E-state index contributed by atoms with van der Waals surface area (Å²) < 4.78 is 18.2. The topological polar surface area (TPSA) is 389 Å². The highest BCUT2D eigenvalue weighted by atomic mass is 16.6. The number of benzene rings is 4. The number of esters is 2. The summed E-state index contributed by atoms with van der Waals surface area (Å²) in [7, 11) is 0. The van der Waals surface area contributed by atoms with Crippen LogP contribution in [0.4, 0.5) is 0 Å². The van der Waals surface area contributed by atoms with Gasteiger partial charge in [-0.3, -0.25) is 39.1 Å². The maximum atomic E-state index is 12.3. The van der Waals surface area contributed by atoms with E-state index in [4.69, 9.17) is 62.5 Å². The molecule has 128 heavy (non-hydrogen) atoms. The number of nitrogens with one attached hydrogen (secondary N) is 2. The predicted octanol–water partition coefficient (Wildman–Crippen LogP) is 17.1. The van der Waals surface area contributed by atoms with Crippen molar-refractivity contribution in [1.82, 2.24) is 89.6 Å². The van der Waals surface area contributed by atoms with Crippen LogP contribution in [-0.2, 0) is 54.8 Å². The van der Waals surface area contributed by atoms with Crippen molar-refractivity contribution in [3.63, 3.8) is 0 Å². The highest BCUT2D eigenvalue weighted by Gasteiger charge is 2.25. The first-order valence-corrected chi connectivity index (χ1v) is 42.7. The number of hydrogen-bond donors (Lipinski definition) is 6. The Balaban J connectivity index is 0.000000146. The van der Waals surface area contributed by atoms with Crippen molar-refractivity contribution >= 4 is 67.4 Å². The van der Waals surface area contributed by atoms with Gasteiger partial charge < -0.3 is 43.0 Å². The van der Waals surface area contributed by atoms with Crippen LogP contribution in [0.15, 0.2) is 219 Å². The zero-order valence-electron chi connectivity index (χ0n) is 75.3. The Morgan fingerprint density at radius 3 is 1.04 bits per heavy atom. The van der Waals surface area contributed by atoms with Crippen molar-refractivity contribution in [1.29, 1.82) is 0 Å². The van der Waals surface area contributed by atoms with Crippen LogP contribution in [0, 0.1) is 27.7 Å². The van der Waals surface area contributed by atoms with E-state index in [1.807, 2.05) is 301 Å². The first-order valence-electron chi connectivity index (χ1n) is 42.7. The van der Waals surface area contributed by atoms with Gasteiger partial charge in [0.05, 0.1) is 81.5 Å². The number of nitrogens with two attached hydrogens (primary N) is 4. The van der Waals surface area contributed by atoms with Crippen molar-refractivity contribution < 1.29 is 28.7 Å². The van der Waals surface area contributed by atoms with E-state index >= 15 is 0 Å². The average molecular weight is 1720 g/mol. The third-order valence-electron chi connectivity index (χ3n) is 20.9. The van der Waals surface area contributed by atoms with Crippen LogP contribution in [0.25, 0.3) is 112 Å². The molecule has 0 spiro atoms. The molecule has 12 heterocycles. The largest absolute Gasteiger partial charge is 0.460 e. The molecular weight excluding hydrogens is 1610 g/mol. The van der Waals surface area contributed by atoms with Crippen molar-refractivity contribution in [3.05, 3.63) is 287 Å². The van der Waals surface area contributed by atoms with Gasteiger partial charge in [0.2, 0.25) is 11.8 Å². The fourth-order valence-electron chi connectivity index (χ4n) is 14.6. The second-order valence-corrected chi connectivity index (χ2v) is 34.1. The lowest BCUT2D eigenvalue weighted by Crippen LogP contribution is -2.24. The molecule has 10 N–H and O–H groups in total. The molecule has 0 aliphatic rings. The number of rotatable bonds is 22. The monoisotopic (exact) mass is 1710 g/mol. The number of carbonyl (C=O) groups excluding carboxylic acids is 4. The molecule has 0 radical (unpaired) electrons. The number of aryl methyl sites for hydroxylation is 4. The Morgan fingerprint density at radius 2 is 0.688 bits per heavy atom. The quantitative estimate of drug-likeness (QED) is 0.0343. The van der Waals surface area contributed by atoms with Crippen LogP contribution in [0.1, 0.15) is 188 Å². The molecule has 4 unspecified atom stereocenters. The third-order valence-corrected chi connectivity index (χ3v) is 20.9. The van der Waals surface area contributed by atoms with Gasteiger partial charge >= 0.3 is 11.9 Å². The molecule has 0 aliphatic heterocycles. The van der Waals surface area contributed by atoms with Crippen LogP contribution < -0.4 is 33.6 Å². The summed E-state index contributed by atoms with van der Waals surface area (Å²) in [6.07, 6.45) is 8.10. The molecule has 2 amide bonds. The first kappa shape index (κ1) is 91.4. The zero-order valence-corrected chi connectivity index (χ0v) is 75.3. The molecule has 16 aromatic rings. The summed E-state index contributed by atoms with van der Waals surface area (Å²) in [5.74, 6) is 2.23. The molecule has 0 bridgehead atoms. The molecule has 0 fully saturated rings. The average Bonchev–Trinajstić information content (AvgIpc) is 1.61. The zero-order chi connectivity index (χ0) is 91.4. The van der Waals surface area contributed by atoms with Gasteiger partial charge in [0.1, 0.15) is 11.2 Å². The summed E-state index contributed by atoms with van der Waals surface area (Å²) in [5.41, 5.74) is 44.6. The van der Waals surface area contributed by atoms with Gasteiger partial charge in [0, 0.05) is 154 Å². The lowest BCUT2D eigenvalue weighted by atomic mass is 10.00. The number of pyridine rings is 8. The number of amides is 2. The molecule has 28 heteroatoms. The highest BCUT2D eigenvalue weighted by Crippen LogP contribution is 2.36. The Hall–Kier alpha value is -14.3. The first-order chi connectivity index (χ1) is 61.1. The molecule has 0 saturated heterocycles. The van der Waals surface area contributed by atoms with E-state index in [2.05, 4.69) is 65.0 Å². The van der Waals surface area contributed by atoms with Gasteiger partial charge in [0.25, 0.3) is 0 Å². The van der Waals surface area contributed by atoms with Crippen LogP contribution in [0.5, 0.6) is 0 Å². The minimum absolute atomic E-state index is 0.0703. The van der Waals surface area contributed by atoms with E-state index in [-0.39, 0.29) is 60.5 Å². The molecule has 28 nitrogen and oxygen atoms in total. The predicted molar refractivity (Wildman–Crippen MR) is 501 cm³/mol. The second-order valence-electron chi connectivity index (χ2n) is 34.1. The minimum atomic E-state index is -0.505. The van der Waals surface area contributed by atoms with Gasteiger partial charge in [-0.2, -0.15) is 20.4 Å². The lowest BCUT2D eigenvalue weighted by Gasteiger charge is -2.21. The molecule has 12 aromatic heterocycles. The number of hydrogen-bond acceptors (Lipinski definition) is 22. The van der Waals surface area contributed by atoms with E-state index in [1.54, 1.807) is 9.36 Å². The lowest BCUT2D eigenvalue weighted by molar-refractivity contribution is -0.156. The second kappa shape index (κ2) is 39.9.